The monoisotopic (exact) mass is 297 g/mol. The molecule has 0 radical (unpaired) electrons. The van der Waals surface area contributed by atoms with Gasteiger partial charge in [-0.3, -0.25) is 4.79 Å². The second kappa shape index (κ2) is 5.49. The first kappa shape index (κ1) is 13.9. The Hall–Kier alpha value is -1.71. The van der Waals surface area contributed by atoms with Crippen molar-refractivity contribution in [3.63, 3.8) is 0 Å². The van der Waals surface area contributed by atoms with Crippen LogP contribution in [0.1, 0.15) is 57.8 Å². The number of nitrogens with zero attached hydrogens (tertiary/aromatic N) is 3. The highest BCUT2D eigenvalue weighted by Gasteiger charge is 2.47. The van der Waals surface area contributed by atoms with Crippen LogP contribution in [0.4, 0.5) is 0 Å². The van der Waals surface area contributed by atoms with Crippen LogP contribution in [0, 0.1) is 5.92 Å². The molecular weight excluding hydrogens is 274 g/mol. The molecular formula is C18H23N3O. The van der Waals surface area contributed by atoms with Crippen LogP contribution in [-0.2, 0) is 10.3 Å². The summed E-state index contributed by atoms with van der Waals surface area (Å²) in [5.74, 6) is 0.554. The van der Waals surface area contributed by atoms with Crippen molar-refractivity contribution in [2.45, 2.75) is 63.3 Å². The van der Waals surface area contributed by atoms with Crippen molar-refractivity contribution in [3.8, 4) is 0 Å². The molecule has 0 aliphatic heterocycles. The van der Waals surface area contributed by atoms with Crippen LogP contribution in [0.15, 0.2) is 24.3 Å². The number of hydrogen-bond acceptors (Lipinski definition) is 3. The number of Topliss-reactive ketones (excluding diaryl/α,β-unsaturated/α-hetero) is 1. The zero-order valence-corrected chi connectivity index (χ0v) is 13.0. The van der Waals surface area contributed by atoms with E-state index in [2.05, 4.69) is 0 Å². The van der Waals surface area contributed by atoms with Gasteiger partial charge >= 0.3 is 0 Å². The van der Waals surface area contributed by atoms with Crippen molar-refractivity contribution >= 4 is 16.8 Å². The van der Waals surface area contributed by atoms with Crippen LogP contribution in [0.2, 0.25) is 0 Å². The number of rotatable bonds is 2. The van der Waals surface area contributed by atoms with Crippen molar-refractivity contribution in [3.05, 3.63) is 24.3 Å². The summed E-state index contributed by atoms with van der Waals surface area (Å²) < 4.78 is 0. The molecule has 1 heterocycles. The molecule has 1 atom stereocenters. The third-order valence-corrected chi connectivity index (χ3v) is 5.61. The molecule has 2 aromatic rings. The predicted octanol–water partition coefficient (Wildman–Crippen LogP) is 3.85. The minimum atomic E-state index is -0.172. The Kier molecular flexibility index (Phi) is 3.47. The average molecular weight is 297 g/mol. The Morgan fingerprint density at radius 1 is 0.955 bits per heavy atom. The number of fused-ring (bicyclic) bond motifs is 1. The lowest BCUT2D eigenvalue weighted by atomic mass is 9.67. The van der Waals surface area contributed by atoms with Crippen LogP contribution in [0.3, 0.4) is 0 Å². The number of ketones is 1. The molecule has 0 saturated heterocycles. The Morgan fingerprint density at radius 3 is 2.27 bits per heavy atom. The zero-order chi connectivity index (χ0) is 15.0. The largest absolute Gasteiger partial charge is 0.299 e. The van der Waals surface area contributed by atoms with Crippen molar-refractivity contribution in [2.75, 3.05) is 0 Å². The summed E-state index contributed by atoms with van der Waals surface area (Å²) in [5.41, 5.74) is 1.71. The maximum absolute atomic E-state index is 12.6. The first-order valence-electron chi connectivity index (χ1n) is 8.65. The van der Waals surface area contributed by atoms with Gasteiger partial charge in [0.05, 0.1) is 5.54 Å². The van der Waals surface area contributed by atoms with E-state index in [1.165, 1.54) is 25.7 Å². The summed E-state index contributed by atoms with van der Waals surface area (Å²) in [5, 5.41) is 9.54. The molecule has 2 aliphatic carbocycles. The fourth-order valence-electron chi connectivity index (χ4n) is 4.46. The fourth-order valence-corrected chi connectivity index (χ4v) is 4.46. The number of carbonyl (C=O) groups excluding carboxylic acids is 1. The predicted molar refractivity (Wildman–Crippen MR) is 85.6 cm³/mol. The van der Waals surface area contributed by atoms with E-state index in [-0.39, 0.29) is 11.5 Å². The third kappa shape index (κ3) is 2.16. The van der Waals surface area contributed by atoms with Gasteiger partial charge in [-0.2, -0.15) is 15.0 Å². The van der Waals surface area contributed by atoms with E-state index >= 15 is 0 Å². The van der Waals surface area contributed by atoms with Crippen molar-refractivity contribution < 1.29 is 4.79 Å². The molecule has 0 N–H and O–H groups in total. The van der Waals surface area contributed by atoms with Crippen molar-refractivity contribution in [1.29, 1.82) is 0 Å². The summed E-state index contributed by atoms with van der Waals surface area (Å²) in [6.07, 6.45) is 9.70. The summed E-state index contributed by atoms with van der Waals surface area (Å²) in [6.45, 7) is 0. The van der Waals surface area contributed by atoms with E-state index in [0.29, 0.717) is 5.78 Å². The van der Waals surface area contributed by atoms with Gasteiger partial charge in [-0.15, -0.1) is 0 Å². The van der Waals surface area contributed by atoms with Gasteiger partial charge < -0.3 is 0 Å². The molecule has 0 spiro atoms. The molecule has 2 aliphatic rings. The molecule has 116 valence electrons. The Labute approximate surface area is 130 Å². The molecule has 2 saturated carbocycles. The maximum atomic E-state index is 12.6. The molecule has 0 amide bonds. The van der Waals surface area contributed by atoms with Gasteiger partial charge in [0.2, 0.25) is 0 Å². The summed E-state index contributed by atoms with van der Waals surface area (Å²) in [6, 6.07) is 8.03. The number of benzene rings is 1. The topological polar surface area (TPSA) is 47.8 Å². The second-order valence-corrected chi connectivity index (χ2v) is 6.91. The van der Waals surface area contributed by atoms with E-state index in [9.17, 15) is 4.79 Å². The lowest BCUT2D eigenvalue weighted by molar-refractivity contribution is -0.130. The lowest BCUT2D eigenvalue weighted by Crippen LogP contribution is -2.48. The van der Waals surface area contributed by atoms with Gasteiger partial charge in [0, 0.05) is 12.3 Å². The fraction of sp³-hybridized carbons (Fsp3) is 0.611. The molecule has 22 heavy (non-hydrogen) atoms. The lowest BCUT2D eigenvalue weighted by Gasteiger charge is -2.43. The SMILES string of the molecule is O=C1CCCCC1C1(n2nc3ccccc3n2)CCCCC1. The van der Waals surface area contributed by atoms with Gasteiger partial charge in [0.15, 0.2) is 0 Å². The highest BCUT2D eigenvalue weighted by molar-refractivity contribution is 5.83. The summed E-state index contributed by atoms with van der Waals surface area (Å²) >= 11 is 0. The normalized spacial score (nSPS) is 25.5. The minimum Gasteiger partial charge on any atom is -0.299 e. The van der Waals surface area contributed by atoms with Crippen molar-refractivity contribution in [2.24, 2.45) is 5.92 Å². The number of hydrogen-bond donors (Lipinski definition) is 0. The van der Waals surface area contributed by atoms with Crippen LogP contribution >= 0.6 is 0 Å². The first-order valence-corrected chi connectivity index (χ1v) is 8.65. The number of carbonyl (C=O) groups is 1. The minimum absolute atomic E-state index is 0.114. The smallest absolute Gasteiger partial charge is 0.138 e. The van der Waals surface area contributed by atoms with E-state index in [1.807, 2.05) is 29.1 Å². The third-order valence-electron chi connectivity index (χ3n) is 5.61. The van der Waals surface area contributed by atoms with Crippen LogP contribution < -0.4 is 0 Å². The molecule has 4 heteroatoms. The van der Waals surface area contributed by atoms with Gasteiger partial charge in [-0.1, -0.05) is 37.8 Å². The average Bonchev–Trinajstić information content (AvgIpc) is 3.00. The molecule has 0 bridgehead atoms. The molecule has 4 rings (SSSR count). The Balaban J connectivity index is 1.81. The Morgan fingerprint density at radius 2 is 1.64 bits per heavy atom. The van der Waals surface area contributed by atoms with E-state index in [0.717, 1.165) is 43.1 Å². The molecule has 1 unspecified atom stereocenters. The summed E-state index contributed by atoms with van der Waals surface area (Å²) in [4.78, 5) is 14.6. The van der Waals surface area contributed by atoms with E-state index < -0.39 is 0 Å². The molecule has 2 fully saturated rings. The first-order chi connectivity index (χ1) is 10.8. The van der Waals surface area contributed by atoms with E-state index in [1.54, 1.807) is 0 Å². The van der Waals surface area contributed by atoms with Gasteiger partial charge in [0.25, 0.3) is 0 Å². The zero-order valence-electron chi connectivity index (χ0n) is 13.0. The Bertz CT molecular complexity index is 651. The van der Waals surface area contributed by atoms with Gasteiger partial charge in [-0.25, -0.2) is 0 Å². The molecule has 4 nitrogen and oxygen atoms in total. The number of aromatic nitrogens is 3. The van der Waals surface area contributed by atoms with Crippen molar-refractivity contribution in [1.82, 2.24) is 15.0 Å². The quantitative estimate of drug-likeness (QED) is 0.846. The van der Waals surface area contributed by atoms with Gasteiger partial charge in [0.1, 0.15) is 16.8 Å². The molecule has 1 aromatic heterocycles. The van der Waals surface area contributed by atoms with Crippen LogP contribution in [0.25, 0.3) is 11.0 Å². The van der Waals surface area contributed by atoms with Gasteiger partial charge in [-0.05, 0) is 37.8 Å². The highest BCUT2D eigenvalue weighted by Crippen LogP contribution is 2.45. The van der Waals surface area contributed by atoms with E-state index in [4.69, 9.17) is 10.2 Å². The van der Waals surface area contributed by atoms with Crippen LogP contribution in [0.5, 0.6) is 0 Å². The maximum Gasteiger partial charge on any atom is 0.138 e. The summed E-state index contributed by atoms with van der Waals surface area (Å²) in [7, 11) is 0. The second-order valence-electron chi connectivity index (χ2n) is 6.91. The van der Waals surface area contributed by atoms with Crippen LogP contribution in [-0.4, -0.2) is 20.8 Å². The highest BCUT2D eigenvalue weighted by atomic mass is 16.1. The molecule has 1 aromatic carbocycles. The standard InChI is InChI=1S/C18H23N3O/c22-17-11-5-2-8-14(17)18(12-6-1-7-13-18)21-19-15-9-3-4-10-16(15)20-21/h3-4,9-10,14H,1-2,5-8,11-13H2.